The summed E-state index contributed by atoms with van der Waals surface area (Å²) in [4.78, 5) is 11.3. The number of carboxylic acid groups (broad SMARTS) is 1. The van der Waals surface area contributed by atoms with Gasteiger partial charge in [0.15, 0.2) is 0 Å². The van der Waals surface area contributed by atoms with Gasteiger partial charge in [0.1, 0.15) is 23.9 Å². The Bertz CT molecular complexity index is 1370. The average molecular weight is 503 g/mol. The molecular weight excluding hydrogens is 471 g/mol. The lowest BCUT2D eigenvalue weighted by Crippen LogP contribution is -2.44. The molecule has 2 aliphatic carbocycles. The van der Waals surface area contributed by atoms with E-state index in [4.69, 9.17) is 14.2 Å². The fourth-order valence-electron chi connectivity index (χ4n) is 6.07. The Morgan fingerprint density at radius 2 is 1.81 bits per heavy atom. The second-order valence-electron chi connectivity index (χ2n) is 11.2. The van der Waals surface area contributed by atoms with E-state index in [-0.39, 0.29) is 35.6 Å². The maximum absolute atomic E-state index is 14.7. The molecule has 0 amide bonds. The van der Waals surface area contributed by atoms with Crippen molar-refractivity contribution >= 4 is 5.97 Å². The van der Waals surface area contributed by atoms with Gasteiger partial charge in [-0.15, -0.1) is 0 Å². The molecule has 6 heteroatoms. The zero-order chi connectivity index (χ0) is 25.9. The molecule has 0 spiro atoms. The minimum Gasteiger partial charge on any atom is -0.493 e. The van der Waals surface area contributed by atoms with Gasteiger partial charge < -0.3 is 19.3 Å². The molecule has 1 aliphatic heterocycles. The van der Waals surface area contributed by atoms with Crippen LogP contribution in [-0.2, 0) is 22.6 Å². The van der Waals surface area contributed by atoms with Gasteiger partial charge in [-0.3, -0.25) is 4.79 Å². The van der Waals surface area contributed by atoms with Crippen LogP contribution < -0.4 is 9.47 Å². The van der Waals surface area contributed by atoms with Gasteiger partial charge in [-0.25, -0.2) is 4.39 Å². The molecule has 3 aromatic carbocycles. The lowest BCUT2D eigenvalue weighted by Gasteiger charge is -2.37. The van der Waals surface area contributed by atoms with Gasteiger partial charge in [-0.05, 0) is 96.0 Å². The summed E-state index contributed by atoms with van der Waals surface area (Å²) in [5, 5.41) is 9.32. The number of fused-ring (bicyclic) bond motifs is 3. The molecule has 37 heavy (non-hydrogen) atoms. The van der Waals surface area contributed by atoms with Gasteiger partial charge >= 0.3 is 5.97 Å². The molecule has 2 fully saturated rings. The van der Waals surface area contributed by atoms with Crippen LogP contribution in [0.5, 0.6) is 11.5 Å². The quantitative estimate of drug-likeness (QED) is 0.405. The molecule has 0 unspecified atom stereocenters. The van der Waals surface area contributed by atoms with Crippen LogP contribution in [0.15, 0.2) is 48.5 Å². The fraction of sp³-hybridized carbons (Fsp3) is 0.387. The van der Waals surface area contributed by atoms with Crippen LogP contribution in [-0.4, -0.2) is 30.9 Å². The van der Waals surface area contributed by atoms with Crippen molar-refractivity contribution in [1.29, 1.82) is 0 Å². The van der Waals surface area contributed by atoms with Gasteiger partial charge in [0.2, 0.25) is 0 Å². The maximum Gasteiger partial charge on any atom is 0.307 e. The van der Waals surface area contributed by atoms with E-state index < -0.39 is 5.97 Å². The third-order valence-corrected chi connectivity index (χ3v) is 8.11. The number of benzene rings is 3. The first-order valence-corrected chi connectivity index (χ1v) is 12.8. The van der Waals surface area contributed by atoms with Crippen molar-refractivity contribution in [1.82, 2.24) is 0 Å². The third-order valence-electron chi connectivity index (χ3n) is 8.11. The molecule has 3 aromatic rings. The highest BCUT2D eigenvalue weighted by Crippen LogP contribution is 2.61. The number of aryl methyl sites for hydroxylation is 2. The molecule has 3 aliphatic rings. The number of hydrogen-bond donors (Lipinski definition) is 1. The molecule has 6 rings (SSSR count). The third kappa shape index (κ3) is 4.37. The van der Waals surface area contributed by atoms with Crippen molar-refractivity contribution in [2.24, 2.45) is 17.3 Å². The normalized spacial score (nSPS) is 22.5. The molecule has 1 saturated carbocycles. The molecule has 1 heterocycles. The molecule has 5 nitrogen and oxygen atoms in total. The molecule has 0 aromatic heterocycles. The lowest BCUT2D eigenvalue weighted by molar-refractivity contribution is -0.139. The highest BCUT2D eigenvalue weighted by molar-refractivity contribution is 5.78. The van der Waals surface area contributed by atoms with E-state index in [1.54, 1.807) is 0 Å². The summed E-state index contributed by atoms with van der Waals surface area (Å²) in [7, 11) is 0. The Balaban J connectivity index is 1.16. The SMILES string of the molecule is Cc1cc(OCC2(C)COC2)cc(C)c1-c1ccc(F)c(COc2ccc3c(c2)C[C@H]2[C@H](C(=O)O)[C@@H]32)c1. The number of rotatable bonds is 8. The van der Waals surface area contributed by atoms with Crippen LogP contribution in [0.2, 0.25) is 0 Å². The minimum atomic E-state index is -0.706. The highest BCUT2D eigenvalue weighted by Gasteiger charge is 2.59. The second-order valence-corrected chi connectivity index (χ2v) is 11.2. The summed E-state index contributed by atoms with van der Waals surface area (Å²) >= 11 is 0. The smallest absolute Gasteiger partial charge is 0.307 e. The number of carbonyl (C=O) groups is 1. The Hall–Kier alpha value is -3.38. The molecule has 1 N–H and O–H groups in total. The summed E-state index contributed by atoms with van der Waals surface area (Å²) in [5.74, 6) is 0.593. The summed E-state index contributed by atoms with van der Waals surface area (Å²) < 4.78 is 32.1. The van der Waals surface area contributed by atoms with Crippen molar-refractivity contribution in [2.75, 3.05) is 19.8 Å². The Labute approximate surface area is 216 Å². The molecule has 1 saturated heterocycles. The highest BCUT2D eigenvalue weighted by atomic mass is 19.1. The van der Waals surface area contributed by atoms with E-state index >= 15 is 0 Å². The van der Waals surface area contributed by atoms with Crippen LogP contribution in [0, 0.1) is 36.9 Å². The largest absolute Gasteiger partial charge is 0.493 e. The first kappa shape index (κ1) is 24.0. The van der Waals surface area contributed by atoms with Crippen molar-refractivity contribution < 1.29 is 28.5 Å². The van der Waals surface area contributed by atoms with Gasteiger partial charge in [0.25, 0.3) is 0 Å². The summed E-state index contributed by atoms with van der Waals surface area (Å²) in [6.07, 6.45) is 0.767. The van der Waals surface area contributed by atoms with E-state index in [0.717, 1.165) is 58.8 Å². The number of halogens is 1. The first-order chi connectivity index (χ1) is 17.7. The first-order valence-electron chi connectivity index (χ1n) is 12.8. The number of aliphatic carboxylic acids is 1. The van der Waals surface area contributed by atoms with E-state index in [9.17, 15) is 14.3 Å². The van der Waals surface area contributed by atoms with E-state index in [0.29, 0.717) is 17.9 Å². The number of hydrogen-bond acceptors (Lipinski definition) is 4. The zero-order valence-electron chi connectivity index (χ0n) is 21.3. The monoisotopic (exact) mass is 502 g/mol. The second kappa shape index (κ2) is 8.88. The predicted molar refractivity (Wildman–Crippen MR) is 138 cm³/mol. The van der Waals surface area contributed by atoms with Crippen LogP contribution in [0.3, 0.4) is 0 Å². The van der Waals surface area contributed by atoms with Gasteiger partial charge in [0, 0.05) is 16.9 Å². The van der Waals surface area contributed by atoms with Crippen LogP contribution in [0.4, 0.5) is 4.39 Å². The van der Waals surface area contributed by atoms with Crippen molar-refractivity contribution in [3.8, 4) is 22.6 Å². The van der Waals surface area contributed by atoms with Crippen molar-refractivity contribution in [3.05, 3.63) is 82.2 Å². The maximum atomic E-state index is 14.7. The summed E-state index contributed by atoms with van der Waals surface area (Å²) in [6, 6.07) is 15.1. The fourth-order valence-corrected chi connectivity index (χ4v) is 6.07. The Morgan fingerprint density at radius 1 is 1.05 bits per heavy atom. The minimum absolute atomic E-state index is 0.0758. The van der Waals surface area contributed by atoms with Gasteiger partial charge in [-0.2, -0.15) is 0 Å². The van der Waals surface area contributed by atoms with Crippen molar-refractivity contribution in [3.63, 3.8) is 0 Å². The Kier molecular flexibility index (Phi) is 5.75. The van der Waals surface area contributed by atoms with Crippen molar-refractivity contribution in [2.45, 2.75) is 39.7 Å². The average Bonchev–Trinajstić information content (AvgIpc) is 3.43. The molecular formula is C31H31FO5. The molecule has 0 bridgehead atoms. The summed E-state index contributed by atoms with van der Waals surface area (Å²) in [5.41, 5.74) is 6.97. The predicted octanol–water partition coefficient (Wildman–Crippen LogP) is 6.07. The van der Waals surface area contributed by atoms with E-state index in [1.807, 2.05) is 56.3 Å². The molecule has 3 atom stereocenters. The van der Waals surface area contributed by atoms with Gasteiger partial charge in [-0.1, -0.05) is 19.1 Å². The number of ether oxygens (including phenoxy) is 3. The van der Waals surface area contributed by atoms with Crippen LogP contribution in [0.25, 0.3) is 11.1 Å². The standard InChI is InChI=1S/C31H31FO5/c1-17-8-23(37-16-31(3)14-35-15-31)9-18(2)27(17)19-4-7-26(32)21(10-19)13-36-22-5-6-24-20(11-22)12-25-28(24)29(25)30(33)34/h4-11,25,28-29H,12-16H2,1-3H3,(H,33,34)/t25-,28+,29+/m1/s1. The number of carboxylic acids is 1. The summed E-state index contributed by atoms with van der Waals surface area (Å²) in [6.45, 7) is 8.44. The Morgan fingerprint density at radius 3 is 2.49 bits per heavy atom. The lowest BCUT2D eigenvalue weighted by atomic mass is 9.90. The van der Waals surface area contributed by atoms with Crippen LogP contribution >= 0.6 is 0 Å². The van der Waals surface area contributed by atoms with Gasteiger partial charge in [0.05, 0.1) is 25.7 Å². The molecule has 192 valence electrons. The topological polar surface area (TPSA) is 65.0 Å². The zero-order valence-corrected chi connectivity index (χ0v) is 21.3. The van der Waals surface area contributed by atoms with Crippen LogP contribution in [0.1, 0.15) is 40.7 Å². The van der Waals surface area contributed by atoms with E-state index in [1.165, 1.54) is 6.07 Å². The van der Waals surface area contributed by atoms with E-state index in [2.05, 4.69) is 6.92 Å². The molecule has 0 radical (unpaired) electrons.